The summed E-state index contributed by atoms with van der Waals surface area (Å²) >= 11 is 0. The first-order valence-electron chi connectivity index (χ1n) is 12.4. The largest absolute Gasteiger partial charge is 0.278 e. The summed E-state index contributed by atoms with van der Waals surface area (Å²) < 4.78 is 3.20. The number of rotatable bonds is 2. The normalized spacial score (nSPS) is 28.2. The Morgan fingerprint density at radius 3 is 1.44 bits per heavy atom. The molecule has 4 aliphatic carbocycles. The van der Waals surface area contributed by atoms with Gasteiger partial charge in [0.15, 0.2) is 0 Å². The first-order chi connectivity index (χ1) is 16.0. The van der Waals surface area contributed by atoms with Crippen LogP contribution in [0.4, 0.5) is 0 Å². The maximum atomic E-state index is 13.3. The molecule has 174 valence electrons. The van der Waals surface area contributed by atoms with Crippen LogP contribution in [0.3, 0.4) is 0 Å². The second-order valence-corrected chi connectivity index (χ2v) is 12.1. The van der Waals surface area contributed by atoms with E-state index in [0.29, 0.717) is 45.6 Å². The highest BCUT2D eigenvalue weighted by atomic mass is 16.2. The molecule has 2 heterocycles. The van der Waals surface area contributed by atoms with Gasteiger partial charge >= 0.3 is 0 Å². The van der Waals surface area contributed by atoms with Crippen molar-refractivity contribution in [2.45, 2.75) is 66.2 Å². The van der Waals surface area contributed by atoms with E-state index in [2.05, 4.69) is 37.9 Å². The van der Waals surface area contributed by atoms with Gasteiger partial charge < -0.3 is 0 Å². The third-order valence-electron chi connectivity index (χ3n) is 9.73. The van der Waals surface area contributed by atoms with Gasteiger partial charge in [-0.05, 0) is 85.5 Å². The molecule has 0 bridgehead atoms. The zero-order valence-corrected chi connectivity index (χ0v) is 20.6. The number of aromatic nitrogens is 4. The molecular formula is C28H30N4O2. The quantitative estimate of drug-likeness (QED) is 0.565. The van der Waals surface area contributed by atoms with E-state index in [9.17, 15) is 9.59 Å². The minimum atomic E-state index is -0.124. The average Bonchev–Trinajstić information content (AvgIpc) is 3.28. The minimum Gasteiger partial charge on any atom is -0.267 e. The van der Waals surface area contributed by atoms with Gasteiger partial charge in [-0.2, -0.15) is 10.2 Å². The lowest BCUT2D eigenvalue weighted by atomic mass is 9.98. The third-order valence-corrected chi connectivity index (χ3v) is 9.73. The number of aryl methyl sites for hydroxylation is 2. The molecular weight excluding hydrogens is 424 g/mol. The van der Waals surface area contributed by atoms with Crippen LogP contribution in [-0.4, -0.2) is 31.4 Å². The van der Waals surface area contributed by atoms with E-state index in [-0.39, 0.29) is 11.8 Å². The summed E-state index contributed by atoms with van der Waals surface area (Å²) in [6, 6.07) is 6.98. The molecule has 34 heavy (non-hydrogen) atoms. The van der Waals surface area contributed by atoms with Crippen molar-refractivity contribution in [2.24, 2.45) is 22.7 Å². The van der Waals surface area contributed by atoms with Gasteiger partial charge in [0.25, 0.3) is 11.8 Å². The summed E-state index contributed by atoms with van der Waals surface area (Å²) in [5, 5.41) is 9.21. The lowest BCUT2D eigenvalue weighted by molar-refractivity contribution is 0.0929. The Bertz CT molecular complexity index is 1330. The van der Waals surface area contributed by atoms with E-state index in [1.54, 1.807) is 33.6 Å². The first kappa shape index (κ1) is 20.4. The SMILES string of the molecule is Cc1nn(C(=O)c2ccc(C(=O)n3nc(C)c4c3CC3C4C3(C)C)cc2)c2c1C1C(C2)C1(C)C. The summed E-state index contributed by atoms with van der Waals surface area (Å²) in [5.74, 6) is 2.05. The fourth-order valence-electron chi connectivity index (χ4n) is 7.53. The van der Waals surface area contributed by atoms with Gasteiger partial charge in [0.1, 0.15) is 0 Å². The van der Waals surface area contributed by atoms with Crippen LogP contribution in [0.25, 0.3) is 0 Å². The van der Waals surface area contributed by atoms with Crippen LogP contribution in [0.1, 0.15) is 94.1 Å². The van der Waals surface area contributed by atoms with Crippen molar-refractivity contribution < 1.29 is 9.59 Å². The molecule has 2 fully saturated rings. The predicted molar refractivity (Wildman–Crippen MR) is 127 cm³/mol. The van der Waals surface area contributed by atoms with Crippen LogP contribution in [-0.2, 0) is 12.8 Å². The molecule has 0 aliphatic heterocycles. The molecule has 0 saturated heterocycles. The zero-order chi connectivity index (χ0) is 23.9. The standard InChI is InChI=1S/C28H30N4O2/c1-13-21-19(11-17-23(21)27(17,3)4)31(29-13)25(33)15-7-9-16(10-8-15)26(34)32-20-12-18-24(28(18,5)6)22(20)14(2)30-32/h7-10,17-18,23-24H,11-12H2,1-6H3. The van der Waals surface area contributed by atoms with Crippen LogP contribution in [0, 0.1) is 36.5 Å². The van der Waals surface area contributed by atoms with Gasteiger partial charge in [-0.25, -0.2) is 9.36 Å². The molecule has 4 aliphatic rings. The molecule has 0 N–H and O–H groups in total. The molecule has 0 amide bonds. The molecule has 7 rings (SSSR count). The summed E-state index contributed by atoms with van der Waals surface area (Å²) in [6.45, 7) is 13.2. The van der Waals surface area contributed by atoms with E-state index >= 15 is 0 Å². The molecule has 2 aromatic heterocycles. The lowest BCUT2D eigenvalue weighted by Crippen LogP contribution is -2.19. The van der Waals surface area contributed by atoms with E-state index in [4.69, 9.17) is 0 Å². The van der Waals surface area contributed by atoms with E-state index < -0.39 is 0 Å². The van der Waals surface area contributed by atoms with E-state index in [0.717, 1.165) is 35.6 Å². The number of hydrogen-bond acceptors (Lipinski definition) is 4. The molecule has 4 unspecified atom stereocenters. The summed E-state index contributed by atoms with van der Waals surface area (Å²) in [4.78, 5) is 26.6. The molecule has 2 saturated carbocycles. The van der Waals surface area contributed by atoms with Gasteiger partial charge in [0, 0.05) is 22.3 Å². The molecule has 1 aromatic carbocycles. The number of carbonyl (C=O) groups is 2. The number of carbonyl (C=O) groups excluding carboxylic acids is 2. The Morgan fingerprint density at radius 1 is 0.735 bits per heavy atom. The Morgan fingerprint density at radius 2 is 1.09 bits per heavy atom. The van der Waals surface area contributed by atoms with Crippen molar-refractivity contribution in [1.29, 1.82) is 0 Å². The van der Waals surface area contributed by atoms with Gasteiger partial charge in [-0.1, -0.05) is 27.7 Å². The fraction of sp³-hybridized carbons (Fsp3) is 0.500. The number of nitrogens with zero attached hydrogens (tertiary/aromatic N) is 4. The van der Waals surface area contributed by atoms with E-state index in [1.807, 2.05) is 13.8 Å². The molecule has 6 heteroatoms. The lowest BCUT2D eigenvalue weighted by Gasteiger charge is -2.11. The maximum Gasteiger partial charge on any atom is 0.278 e. The number of fused-ring (bicyclic) bond motifs is 6. The highest BCUT2D eigenvalue weighted by molar-refractivity contribution is 5.99. The average molecular weight is 455 g/mol. The van der Waals surface area contributed by atoms with Crippen molar-refractivity contribution in [2.75, 3.05) is 0 Å². The molecule has 3 aromatic rings. The Balaban J connectivity index is 1.16. The number of hydrogen-bond donors (Lipinski definition) is 0. The van der Waals surface area contributed by atoms with Crippen molar-refractivity contribution in [3.63, 3.8) is 0 Å². The van der Waals surface area contributed by atoms with Crippen molar-refractivity contribution >= 4 is 11.8 Å². The Labute approximate surface area is 199 Å². The van der Waals surface area contributed by atoms with E-state index in [1.165, 1.54) is 11.1 Å². The van der Waals surface area contributed by atoms with Crippen molar-refractivity contribution in [1.82, 2.24) is 19.6 Å². The monoisotopic (exact) mass is 454 g/mol. The van der Waals surface area contributed by atoms with Crippen molar-refractivity contribution in [3.05, 3.63) is 69.3 Å². The fourth-order valence-corrected chi connectivity index (χ4v) is 7.53. The predicted octanol–water partition coefficient (Wildman–Crippen LogP) is 4.66. The second-order valence-electron chi connectivity index (χ2n) is 12.1. The van der Waals surface area contributed by atoms with Crippen molar-refractivity contribution in [3.8, 4) is 0 Å². The van der Waals surface area contributed by atoms with Crippen LogP contribution in [0.15, 0.2) is 24.3 Å². The van der Waals surface area contributed by atoms with Gasteiger partial charge in [-0.15, -0.1) is 0 Å². The smallest absolute Gasteiger partial charge is 0.267 e. The van der Waals surface area contributed by atoms with Gasteiger partial charge in [-0.3, -0.25) is 9.59 Å². The van der Waals surface area contributed by atoms with Gasteiger partial charge in [0.05, 0.1) is 22.8 Å². The summed E-state index contributed by atoms with van der Waals surface area (Å²) in [6.07, 6.45) is 1.83. The first-order valence-corrected chi connectivity index (χ1v) is 12.4. The van der Waals surface area contributed by atoms with Crippen LogP contribution >= 0.6 is 0 Å². The zero-order valence-electron chi connectivity index (χ0n) is 20.6. The molecule has 0 radical (unpaired) electrons. The molecule has 4 atom stereocenters. The van der Waals surface area contributed by atoms with Crippen LogP contribution < -0.4 is 0 Å². The molecule has 6 nitrogen and oxygen atoms in total. The summed E-state index contributed by atoms with van der Waals surface area (Å²) in [7, 11) is 0. The second kappa shape index (κ2) is 5.96. The maximum absolute atomic E-state index is 13.3. The number of benzene rings is 1. The topological polar surface area (TPSA) is 69.8 Å². The Kier molecular flexibility index (Phi) is 3.57. The van der Waals surface area contributed by atoms with Gasteiger partial charge in [0.2, 0.25) is 0 Å². The van der Waals surface area contributed by atoms with Crippen LogP contribution in [0.5, 0.6) is 0 Å². The minimum absolute atomic E-state index is 0.124. The van der Waals surface area contributed by atoms with Crippen LogP contribution in [0.2, 0.25) is 0 Å². The third kappa shape index (κ3) is 2.32. The molecule has 0 spiro atoms. The summed E-state index contributed by atoms with van der Waals surface area (Å²) in [5.41, 5.74) is 8.36. The highest BCUT2D eigenvalue weighted by Gasteiger charge is 2.65. The highest BCUT2D eigenvalue weighted by Crippen LogP contribution is 2.71. The Hall–Kier alpha value is -3.02.